The lowest BCUT2D eigenvalue weighted by atomic mass is 9.82. The third kappa shape index (κ3) is 3.11. The number of nitrogens with zero attached hydrogens (tertiary/aromatic N) is 2. The summed E-state index contributed by atoms with van der Waals surface area (Å²) in [7, 11) is 3.81. The van der Waals surface area contributed by atoms with E-state index in [4.69, 9.17) is 0 Å². The number of hydrogen-bond donors (Lipinski definition) is 2. The van der Waals surface area contributed by atoms with Gasteiger partial charge in [-0.05, 0) is 18.6 Å². The van der Waals surface area contributed by atoms with Gasteiger partial charge in [-0.3, -0.25) is 9.59 Å². The molecule has 1 heterocycles. The molecule has 6 heteroatoms. The van der Waals surface area contributed by atoms with Gasteiger partial charge in [-0.25, -0.2) is 0 Å². The maximum atomic E-state index is 13.2. The molecule has 2 aliphatic rings. The first-order valence-electron chi connectivity index (χ1n) is 9.50. The zero-order valence-electron chi connectivity index (χ0n) is 16.2. The second-order valence-electron chi connectivity index (χ2n) is 7.15. The first kappa shape index (κ1) is 18.1. The van der Waals surface area contributed by atoms with Gasteiger partial charge in [0, 0.05) is 62.1 Å². The average Bonchev–Trinajstić information content (AvgIpc) is 3.14. The van der Waals surface area contributed by atoms with Gasteiger partial charge in [-0.15, -0.1) is 0 Å². The van der Waals surface area contributed by atoms with Crippen molar-refractivity contribution < 1.29 is 9.59 Å². The molecule has 0 fully saturated rings. The smallest absolute Gasteiger partial charge is 0.196 e. The fourth-order valence-corrected chi connectivity index (χ4v) is 3.82. The molecule has 0 bridgehead atoms. The van der Waals surface area contributed by atoms with Crippen LogP contribution in [0.1, 0.15) is 38.3 Å². The highest BCUT2D eigenvalue weighted by molar-refractivity contribution is 6.31. The SMILES string of the molecule is CNc1ccc(NCCCN2C=CN(C)C2)c2c1C(=O)c1ccccc1C2=O. The van der Waals surface area contributed by atoms with E-state index in [9.17, 15) is 9.59 Å². The summed E-state index contributed by atoms with van der Waals surface area (Å²) in [6.07, 6.45) is 5.07. The van der Waals surface area contributed by atoms with Gasteiger partial charge < -0.3 is 20.4 Å². The van der Waals surface area contributed by atoms with Crippen LogP contribution in [0.3, 0.4) is 0 Å². The molecular weight excluding hydrogens is 352 g/mol. The third-order valence-corrected chi connectivity index (χ3v) is 5.22. The highest BCUT2D eigenvalue weighted by atomic mass is 16.1. The fraction of sp³-hybridized carbons (Fsp3) is 0.273. The van der Waals surface area contributed by atoms with Crippen molar-refractivity contribution in [1.29, 1.82) is 0 Å². The van der Waals surface area contributed by atoms with Crippen molar-refractivity contribution in [2.45, 2.75) is 6.42 Å². The van der Waals surface area contributed by atoms with E-state index in [1.165, 1.54) is 0 Å². The Balaban J connectivity index is 1.57. The molecule has 0 aromatic heterocycles. The monoisotopic (exact) mass is 376 g/mol. The van der Waals surface area contributed by atoms with Gasteiger partial charge in [0.1, 0.15) is 0 Å². The van der Waals surface area contributed by atoms with E-state index >= 15 is 0 Å². The quantitative estimate of drug-likeness (QED) is 0.645. The molecule has 0 radical (unpaired) electrons. The number of rotatable bonds is 6. The van der Waals surface area contributed by atoms with Crippen LogP contribution in [0.4, 0.5) is 11.4 Å². The van der Waals surface area contributed by atoms with E-state index in [2.05, 4.69) is 32.8 Å². The van der Waals surface area contributed by atoms with Crippen LogP contribution in [0.15, 0.2) is 48.8 Å². The molecule has 144 valence electrons. The maximum absolute atomic E-state index is 13.2. The van der Waals surface area contributed by atoms with Crippen molar-refractivity contribution in [2.75, 3.05) is 44.5 Å². The average molecular weight is 376 g/mol. The summed E-state index contributed by atoms with van der Waals surface area (Å²) in [6.45, 7) is 2.55. The maximum Gasteiger partial charge on any atom is 0.196 e. The topological polar surface area (TPSA) is 64.7 Å². The molecule has 2 aromatic rings. The van der Waals surface area contributed by atoms with Crippen LogP contribution in [0, 0.1) is 0 Å². The number of nitrogens with one attached hydrogen (secondary N) is 2. The number of fused-ring (bicyclic) bond motifs is 2. The van der Waals surface area contributed by atoms with Crippen LogP contribution < -0.4 is 10.6 Å². The molecule has 6 nitrogen and oxygen atoms in total. The Labute approximate surface area is 164 Å². The predicted molar refractivity (Wildman–Crippen MR) is 111 cm³/mol. The number of carbonyl (C=O) groups excluding carboxylic acids is 2. The summed E-state index contributed by atoms with van der Waals surface area (Å²) < 4.78 is 0. The molecule has 0 spiro atoms. The van der Waals surface area contributed by atoms with Gasteiger partial charge in [0.15, 0.2) is 11.6 Å². The Morgan fingerprint density at radius 1 is 0.929 bits per heavy atom. The Bertz CT molecular complexity index is 967. The third-order valence-electron chi connectivity index (χ3n) is 5.22. The largest absolute Gasteiger partial charge is 0.388 e. The van der Waals surface area contributed by atoms with Crippen LogP contribution in [0.5, 0.6) is 0 Å². The molecule has 2 N–H and O–H groups in total. The first-order valence-corrected chi connectivity index (χ1v) is 9.50. The lowest BCUT2D eigenvalue weighted by molar-refractivity contribution is 0.0980. The molecule has 0 saturated carbocycles. The van der Waals surface area contributed by atoms with Crippen molar-refractivity contribution in [3.05, 3.63) is 71.1 Å². The van der Waals surface area contributed by atoms with Crippen molar-refractivity contribution in [3.8, 4) is 0 Å². The van der Waals surface area contributed by atoms with Gasteiger partial charge in [0.05, 0.1) is 17.8 Å². The van der Waals surface area contributed by atoms with E-state index in [1.807, 2.05) is 19.2 Å². The summed E-state index contributed by atoms with van der Waals surface area (Å²) in [4.78, 5) is 30.6. The van der Waals surface area contributed by atoms with Crippen LogP contribution >= 0.6 is 0 Å². The fourth-order valence-electron chi connectivity index (χ4n) is 3.82. The zero-order chi connectivity index (χ0) is 19.7. The lowest BCUT2D eigenvalue weighted by Gasteiger charge is -2.23. The molecule has 28 heavy (non-hydrogen) atoms. The molecule has 0 saturated heterocycles. The Hall–Kier alpha value is -3.28. The standard InChI is InChI=1S/C22H24N4O2/c1-23-17-8-9-18(24-10-5-11-26-13-12-25(2)14-26)20-19(17)21(27)15-6-3-4-7-16(15)22(20)28/h3-4,6-9,12-13,23-24H,5,10-11,14H2,1-2H3. The highest BCUT2D eigenvalue weighted by Crippen LogP contribution is 2.36. The molecule has 0 atom stereocenters. The first-order chi connectivity index (χ1) is 13.6. The van der Waals surface area contributed by atoms with E-state index in [0.29, 0.717) is 27.9 Å². The summed E-state index contributed by atoms with van der Waals surface area (Å²) in [5.74, 6) is -0.211. The molecule has 1 aliphatic carbocycles. The summed E-state index contributed by atoms with van der Waals surface area (Å²) >= 11 is 0. The van der Waals surface area contributed by atoms with Crippen molar-refractivity contribution in [3.63, 3.8) is 0 Å². The van der Waals surface area contributed by atoms with Crippen molar-refractivity contribution >= 4 is 22.9 Å². The van der Waals surface area contributed by atoms with Crippen molar-refractivity contribution in [2.24, 2.45) is 0 Å². The van der Waals surface area contributed by atoms with Gasteiger partial charge >= 0.3 is 0 Å². The van der Waals surface area contributed by atoms with E-state index < -0.39 is 0 Å². The lowest BCUT2D eigenvalue weighted by Crippen LogP contribution is -2.26. The number of benzene rings is 2. The molecule has 0 unspecified atom stereocenters. The van der Waals surface area contributed by atoms with E-state index in [-0.39, 0.29) is 11.6 Å². The minimum atomic E-state index is -0.108. The molecule has 4 rings (SSSR count). The van der Waals surface area contributed by atoms with Crippen LogP contribution in [0.2, 0.25) is 0 Å². The molecule has 0 amide bonds. The van der Waals surface area contributed by atoms with Gasteiger partial charge in [0.2, 0.25) is 0 Å². The molecular formula is C22H24N4O2. The number of anilines is 2. The minimum absolute atomic E-state index is 0.103. The number of carbonyl (C=O) groups is 2. The van der Waals surface area contributed by atoms with Gasteiger partial charge in [-0.1, -0.05) is 24.3 Å². The Morgan fingerprint density at radius 3 is 2.18 bits per heavy atom. The normalized spacial score (nSPS) is 14.9. The zero-order valence-corrected chi connectivity index (χ0v) is 16.2. The summed E-state index contributed by atoms with van der Waals surface area (Å²) in [5, 5.41) is 6.43. The van der Waals surface area contributed by atoms with Gasteiger partial charge in [-0.2, -0.15) is 0 Å². The Morgan fingerprint density at radius 2 is 1.57 bits per heavy atom. The second-order valence-corrected chi connectivity index (χ2v) is 7.15. The number of hydrogen-bond acceptors (Lipinski definition) is 6. The van der Waals surface area contributed by atoms with E-state index in [1.54, 1.807) is 31.3 Å². The molecule has 2 aromatic carbocycles. The van der Waals surface area contributed by atoms with Crippen LogP contribution in [-0.2, 0) is 0 Å². The van der Waals surface area contributed by atoms with Crippen LogP contribution in [0.25, 0.3) is 0 Å². The van der Waals surface area contributed by atoms with Crippen LogP contribution in [-0.4, -0.2) is 55.2 Å². The minimum Gasteiger partial charge on any atom is -0.388 e. The predicted octanol–water partition coefficient (Wildman–Crippen LogP) is 2.98. The summed E-state index contributed by atoms with van der Waals surface area (Å²) in [6, 6.07) is 10.8. The summed E-state index contributed by atoms with van der Waals surface area (Å²) in [5.41, 5.74) is 3.27. The van der Waals surface area contributed by atoms with Gasteiger partial charge in [0.25, 0.3) is 0 Å². The second kappa shape index (κ2) is 7.38. The number of ketones is 2. The van der Waals surface area contributed by atoms with E-state index in [0.717, 1.165) is 31.9 Å². The highest BCUT2D eigenvalue weighted by Gasteiger charge is 2.33. The van der Waals surface area contributed by atoms with Crippen molar-refractivity contribution in [1.82, 2.24) is 9.80 Å². The Kier molecular flexibility index (Phi) is 4.77. The molecule has 1 aliphatic heterocycles.